The molecule has 20 heavy (non-hydrogen) atoms. The van der Waals surface area contributed by atoms with Crippen molar-refractivity contribution in [3.8, 4) is 5.75 Å². The van der Waals surface area contributed by atoms with Crippen LogP contribution in [0.1, 0.15) is 57.6 Å². The first-order valence-corrected chi connectivity index (χ1v) is 8.15. The fraction of sp³-hybridized carbons (Fsp3) is 0.667. The van der Waals surface area contributed by atoms with Gasteiger partial charge in [-0.3, -0.25) is 0 Å². The summed E-state index contributed by atoms with van der Waals surface area (Å²) in [7, 11) is 1.74. The molecule has 2 rings (SSSR count). The van der Waals surface area contributed by atoms with Crippen LogP contribution in [0.4, 0.5) is 0 Å². The Morgan fingerprint density at radius 2 is 1.95 bits per heavy atom. The van der Waals surface area contributed by atoms with Crippen molar-refractivity contribution in [1.82, 2.24) is 5.32 Å². The fourth-order valence-electron chi connectivity index (χ4n) is 3.54. The number of rotatable bonds is 6. The lowest BCUT2D eigenvalue weighted by Gasteiger charge is -2.34. The van der Waals surface area contributed by atoms with Gasteiger partial charge >= 0.3 is 0 Å². The van der Waals surface area contributed by atoms with Crippen LogP contribution >= 0.6 is 0 Å². The normalized spacial score (nSPS) is 24.4. The van der Waals surface area contributed by atoms with E-state index in [4.69, 9.17) is 4.74 Å². The fourth-order valence-corrected chi connectivity index (χ4v) is 3.54. The van der Waals surface area contributed by atoms with Crippen molar-refractivity contribution in [3.05, 3.63) is 29.8 Å². The highest BCUT2D eigenvalue weighted by molar-refractivity contribution is 5.31. The summed E-state index contributed by atoms with van der Waals surface area (Å²) in [6.45, 7) is 5.55. The molecule has 0 spiro atoms. The van der Waals surface area contributed by atoms with Gasteiger partial charge in [-0.1, -0.05) is 45.2 Å². The largest absolute Gasteiger partial charge is 0.497 e. The second-order valence-corrected chi connectivity index (χ2v) is 6.00. The van der Waals surface area contributed by atoms with Gasteiger partial charge in [-0.2, -0.15) is 0 Å². The van der Waals surface area contributed by atoms with E-state index in [1.165, 1.54) is 37.7 Å². The number of nitrogens with one attached hydrogen (secondary N) is 1. The molecule has 1 aromatic rings. The quantitative estimate of drug-likeness (QED) is 0.821. The van der Waals surface area contributed by atoms with Crippen LogP contribution in [0, 0.1) is 11.8 Å². The molecular weight excluding hydrogens is 246 g/mol. The predicted molar refractivity (Wildman–Crippen MR) is 85.2 cm³/mol. The Labute approximate surface area is 123 Å². The number of methoxy groups -OCH3 is 1. The smallest absolute Gasteiger partial charge is 0.119 e. The molecule has 2 heteroatoms. The molecule has 0 saturated heterocycles. The maximum atomic E-state index is 5.38. The second kappa shape index (κ2) is 7.68. The van der Waals surface area contributed by atoms with Crippen LogP contribution in [0.2, 0.25) is 0 Å². The minimum Gasteiger partial charge on any atom is -0.497 e. The highest BCUT2D eigenvalue weighted by atomic mass is 16.5. The molecule has 0 radical (unpaired) electrons. The summed E-state index contributed by atoms with van der Waals surface area (Å²) in [6.07, 6.45) is 6.85. The monoisotopic (exact) mass is 275 g/mol. The number of benzene rings is 1. The van der Waals surface area contributed by atoms with E-state index in [2.05, 4.69) is 37.4 Å². The standard InChI is InChI=1S/C18H29NO/c1-4-14-9-11-15(12-10-14)18(19-5-2)16-7-6-8-17(13-16)20-3/h6-8,13-15,18-19H,4-5,9-12H2,1-3H3. The van der Waals surface area contributed by atoms with Gasteiger partial charge in [0.05, 0.1) is 7.11 Å². The van der Waals surface area contributed by atoms with Gasteiger partial charge in [-0.25, -0.2) is 0 Å². The lowest BCUT2D eigenvalue weighted by Crippen LogP contribution is -2.31. The zero-order valence-corrected chi connectivity index (χ0v) is 13.2. The third-order valence-corrected chi connectivity index (χ3v) is 4.82. The van der Waals surface area contributed by atoms with E-state index in [0.29, 0.717) is 6.04 Å². The van der Waals surface area contributed by atoms with E-state index in [-0.39, 0.29) is 0 Å². The number of hydrogen-bond donors (Lipinski definition) is 1. The SMILES string of the molecule is CCNC(c1cccc(OC)c1)C1CCC(CC)CC1. The Bertz CT molecular complexity index is 396. The van der Waals surface area contributed by atoms with Gasteiger partial charge in [0.25, 0.3) is 0 Å². The van der Waals surface area contributed by atoms with Crippen molar-refractivity contribution in [1.29, 1.82) is 0 Å². The van der Waals surface area contributed by atoms with E-state index in [1.807, 2.05) is 6.07 Å². The number of ether oxygens (including phenoxy) is 1. The molecule has 0 aromatic heterocycles. The van der Waals surface area contributed by atoms with Crippen molar-refractivity contribution >= 4 is 0 Å². The molecule has 1 aliphatic rings. The number of hydrogen-bond acceptors (Lipinski definition) is 2. The molecule has 0 bridgehead atoms. The summed E-state index contributed by atoms with van der Waals surface area (Å²) in [4.78, 5) is 0. The van der Waals surface area contributed by atoms with E-state index in [0.717, 1.165) is 24.1 Å². The average Bonchev–Trinajstić information content (AvgIpc) is 2.53. The van der Waals surface area contributed by atoms with Crippen molar-refractivity contribution in [3.63, 3.8) is 0 Å². The van der Waals surface area contributed by atoms with Crippen LogP contribution < -0.4 is 10.1 Å². The van der Waals surface area contributed by atoms with E-state index < -0.39 is 0 Å². The summed E-state index contributed by atoms with van der Waals surface area (Å²) >= 11 is 0. The van der Waals surface area contributed by atoms with Crippen LogP contribution in [-0.2, 0) is 0 Å². The lowest BCUT2D eigenvalue weighted by molar-refractivity contribution is 0.220. The van der Waals surface area contributed by atoms with Crippen LogP contribution in [0.25, 0.3) is 0 Å². The Morgan fingerprint density at radius 1 is 1.20 bits per heavy atom. The lowest BCUT2D eigenvalue weighted by atomic mass is 9.76. The summed E-state index contributed by atoms with van der Waals surface area (Å²) < 4.78 is 5.38. The average molecular weight is 275 g/mol. The minimum absolute atomic E-state index is 0.480. The summed E-state index contributed by atoms with van der Waals surface area (Å²) in [6, 6.07) is 9.05. The molecule has 1 aromatic carbocycles. The van der Waals surface area contributed by atoms with Crippen LogP contribution in [-0.4, -0.2) is 13.7 Å². The van der Waals surface area contributed by atoms with Crippen molar-refractivity contribution in [2.75, 3.05) is 13.7 Å². The molecule has 1 saturated carbocycles. The second-order valence-electron chi connectivity index (χ2n) is 6.00. The van der Waals surface area contributed by atoms with Gasteiger partial charge in [0.2, 0.25) is 0 Å². The van der Waals surface area contributed by atoms with E-state index in [1.54, 1.807) is 7.11 Å². The molecule has 0 aliphatic heterocycles. The molecule has 112 valence electrons. The van der Waals surface area contributed by atoms with Crippen molar-refractivity contribution < 1.29 is 4.74 Å². The Balaban J connectivity index is 2.10. The molecule has 1 atom stereocenters. The van der Waals surface area contributed by atoms with Gasteiger partial charge in [0.1, 0.15) is 5.75 Å². The van der Waals surface area contributed by atoms with Crippen LogP contribution in [0.15, 0.2) is 24.3 Å². The Kier molecular flexibility index (Phi) is 5.90. The van der Waals surface area contributed by atoms with Gasteiger partial charge < -0.3 is 10.1 Å². The Hall–Kier alpha value is -1.02. The summed E-state index contributed by atoms with van der Waals surface area (Å²) in [5.41, 5.74) is 1.38. The molecular formula is C18H29NO. The first kappa shape index (κ1) is 15.4. The topological polar surface area (TPSA) is 21.3 Å². The third kappa shape index (κ3) is 3.76. The molecule has 1 N–H and O–H groups in total. The first-order chi connectivity index (χ1) is 9.78. The van der Waals surface area contributed by atoms with Gasteiger partial charge in [-0.15, -0.1) is 0 Å². The predicted octanol–water partition coefficient (Wildman–Crippen LogP) is 4.56. The zero-order chi connectivity index (χ0) is 14.4. The van der Waals surface area contributed by atoms with Crippen LogP contribution in [0.3, 0.4) is 0 Å². The van der Waals surface area contributed by atoms with Crippen LogP contribution in [0.5, 0.6) is 5.75 Å². The van der Waals surface area contributed by atoms with Gasteiger partial charge in [-0.05, 0) is 48.9 Å². The van der Waals surface area contributed by atoms with E-state index in [9.17, 15) is 0 Å². The molecule has 0 amide bonds. The van der Waals surface area contributed by atoms with E-state index >= 15 is 0 Å². The minimum atomic E-state index is 0.480. The highest BCUT2D eigenvalue weighted by Gasteiger charge is 2.27. The zero-order valence-electron chi connectivity index (χ0n) is 13.2. The molecule has 1 aliphatic carbocycles. The third-order valence-electron chi connectivity index (χ3n) is 4.82. The molecule has 0 heterocycles. The first-order valence-electron chi connectivity index (χ1n) is 8.15. The molecule has 1 unspecified atom stereocenters. The van der Waals surface area contributed by atoms with Crippen molar-refractivity contribution in [2.45, 2.75) is 52.0 Å². The Morgan fingerprint density at radius 3 is 2.55 bits per heavy atom. The molecule has 2 nitrogen and oxygen atoms in total. The summed E-state index contributed by atoms with van der Waals surface area (Å²) in [5, 5.41) is 3.70. The molecule has 1 fully saturated rings. The van der Waals surface area contributed by atoms with Crippen molar-refractivity contribution in [2.24, 2.45) is 11.8 Å². The maximum absolute atomic E-state index is 5.38. The van der Waals surface area contributed by atoms with Gasteiger partial charge in [0, 0.05) is 6.04 Å². The van der Waals surface area contributed by atoms with Gasteiger partial charge in [0.15, 0.2) is 0 Å². The maximum Gasteiger partial charge on any atom is 0.119 e. The summed E-state index contributed by atoms with van der Waals surface area (Å²) in [5.74, 6) is 2.69. The highest BCUT2D eigenvalue weighted by Crippen LogP contribution is 2.38.